The van der Waals surface area contributed by atoms with Gasteiger partial charge in [0.1, 0.15) is 6.07 Å². The molecule has 0 saturated carbocycles. The Hall–Kier alpha value is -1.13. The van der Waals surface area contributed by atoms with Gasteiger partial charge in [0.05, 0.1) is 43.3 Å². The maximum Gasteiger partial charge on any atom is 0.101 e. The fourth-order valence-corrected chi connectivity index (χ4v) is 1.97. The van der Waals surface area contributed by atoms with Crippen molar-refractivity contribution in [1.29, 1.82) is 5.26 Å². The molecule has 6 heteroatoms. The average molecular weight is 357 g/mol. The standard InChI is InChI=1S/C15H21BrN2O3/c1-11(2)21-6-5-20-10-14(19)9-18-15-4-3-13(16)7-12(15)8-17/h3-4,7,11,14,18-19H,5-6,9-10H2,1-2H3. The molecule has 0 radical (unpaired) electrons. The molecule has 1 unspecified atom stereocenters. The van der Waals surface area contributed by atoms with E-state index in [2.05, 4.69) is 27.3 Å². The van der Waals surface area contributed by atoms with E-state index in [1.165, 1.54) is 0 Å². The zero-order chi connectivity index (χ0) is 15.7. The van der Waals surface area contributed by atoms with Crippen molar-refractivity contribution in [2.24, 2.45) is 0 Å². The normalized spacial score (nSPS) is 12.2. The van der Waals surface area contributed by atoms with Crippen LogP contribution in [-0.2, 0) is 9.47 Å². The molecule has 1 rings (SSSR count). The van der Waals surface area contributed by atoms with Crippen LogP contribution in [0.5, 0.6) is 0 Å². The molecule has 5 nitrogen and oxygen atoms in total. The quantitative estimate of drug-likeness (QED) is 0.665. The largest absolute Gasteiger partial charge is 0.389 e. The second kappa shape index (κ2) is 9.74. The molecule has 1 atom stereocenters. The van der Waals surface area contributed by atoms with Crippen molar-refractivity contribution in [3.8, 4) is 6.07 Å². The Morgan fingerprint density at radius 2 is 2.14 bits per heavy atom. The van der Waals surface area contributed by atoms with Gasteiger partial charge in [0.15, 0.2) is 0 Å². The van der Waals surface area contributed by atoms with Crippen LogP contribution in [0, 0.1) is 11.3 Å². The van der Waals surface area contributed by atoms with Crippen molar-refractivity contribution in [1.82, 2.24) is 0 Å². The monoisotopic (exact) mass is 356 g/mol. The van der Waals surface area contributed by atoms with Gasteiger partial charge >= 0.3 is 0 Å². The first kappa shape index (κ1) is 17.9. The Balaban J connectivity index is 2.27. The minimum absolute atomic E-state index is 0.182. The second-order valence-electron chi connectivity index (χ2n) is 4.83. The first-order chi connectivity index (χ1) is 10.0. The molecule has 0 aliphatic rings. The number of benzene rings is 1. The summed E-state index contributed by atoms with van der Waals surface area (Å²) in [6.45, 7) is 5.45. The summed E-state index contributed by atoms with van der Waals surface area (Å²) in [6, 6.07) is 7.48. The summed E-state index contributed by atoms with van der Waals surface area (Å²) < 4.78 is 11.5. The minimum Gasteiger partial charge on any atom is -0.389 e. The van der Waals surface area contributed by atoms with Crippen LogP contribution < -0.4 is 5.32 Å². The van der Waals surface area contributed by atoms with Crippen LogP contribution in [0.1, 0.15) is 19.4 Å². The fraction of sp³-hybridized carbons (Fsp3) is 0.533. The number of ether oxygens (including phenoxy) is 2. The predicted octanol–water partition coefficient (Wildman–Crippen LogP) is 2.54. The van der Waals surface area contributed by atoms with Gasteiger partial charge in [0.25, 0.3) is 0 Å². The number of nitrogens with one attached hydrogen (secondary N) is 1. The van der Waals surface area contributed by atoms with E-state index >= 15 is 0 Å². The molecular weight excluding hydrogens is 336 g/mol. The van der Waals surface area contributed by atoms with Gasteiger partial charge in [0.2, 0.25) is 0 Å². The molecule has 0 fully saturated rings. The molecule has 2 N–H and O–H groups in total. The third-order valence-electron chi connectivity index (χ3n) is 2.62. The van der Waals surface area contributed by atoms with Gasteiger partial charge in [-0.15, -0.1) is 0 Å². The van der Waals surface area contributed by atoms with Crippen molar-refractivity contribution in [3.63, 3.8) is 0 Å². The van der Waals surface area contributed by atoms with E-state index in [0.29, 0.717) is 31.0 Å². The molecule has 0 amide bonds. The Morgan fingerprint density at radius 1 is 1.38 bits per heavy atom. The van der Waals surface area contributed by atoms with E-state index in [4.69, 9.17) is 14.7 Å². The van der Waals surface area contributed by atoms with Crippen molar-refractivity contribution in [2.45, 2.75) is 26.1 Å². The molecule has 0 aromatic heterocycles. The number of aliphatic hydroxyl groups is 1. The fourth-order valence-electron chi connectivity index (χ4n) is 1.61. The SMILES string of the molecule is CC(C)OCCOCC(O)CNc1ccc(Br)cc1C#N. The first-order valence-electron chi connectivity index (χ1n) is 6.84. The summed E-state index contributed by atoms with van der Waals surface area (Å²) in [5.41, 5.74) is 1.23. The van der Waals surface area contributed by atoms with E-state index in [9.17, 15) is 5.11 Å². The maximum absolute atomic E-state index is 9.82. The topological polar surface area (TPSA) is 74.5 Å². The van der Waals surface area contributed by atoms with Gasteiger partial charge in [-0.1, -0.05) is 15.9 Å². The molecule has 0 aliphatic heterocycles. The Morgan fingerprint density at radius 3 is 2.81 bits per heavy atom. The van der Waals surface area contributed by atoms with Gasteiger partial charge in [-0.05, 0) is 32.0 Å². The van der Waals surface area contributed by atoms with Gasteiger partial charge in [0, 0.05) is 11.0 Å². The second-order valence-corrected chi connectivity index (χ2v) is 5.75. The van der Waals surface area contributed by atoms with Gasteiger partial charge < -0.3 is 19.9 Å². The number of aliphatic hydroxyl groups excluding tert-OH is 1. The molecule has 21 heavy (non-hydrogen) atoms. The summed E-state index contributed by atoms with van der Waals surface area (Å²) in [4.78, 5) is 0. The zero-order valence-electron chi connectivity index (χ0n) is 12.3. The smallest absolute Gasteiger partial charge is 0.101 e. The third kappa shape index (κ3) is 7.44. The highest BCUT2D eigenvalue weighted by molar-refractivity contribution is 9.10. The number of rotatable bonds is 9. The van der Waals surface area contributed by atoms with Crippen LogP contribution in [0.15, 0.2) is 22.7 Å². The first-order valence-corrected chi connectivity index (χ1v) is 7.63. The Bertz CT molecular complexity index is 474. The number of hydrogen-bond acceptors (Lipinski definition) is 5. The van der Waals surface area contributed by atoms with Crippen LogP contribution in [0.25, 0.3) is 0 Å². The highest BCUT2D eigenvalue weighted by Crippen LogP contribution is 2.20. The summed E-state index contributed by atoms with van der Waals surface area (Å²) in [7, 11) is 0. The van der Waals surface area contributed by atoms with E-state index < -0.39 is 6.10 Å². The summed E-state index contributed by atoms with van der Waals surface area (Å²) in [6.07, 6.45) is -0.457. The van der Waals surface area contributed by atoms with Crippen molar-refractivity contribution in [3.05, 3.63) is 28.2 Å². The molecule has 0 aliphatic carbocycles. The van der Waals surface area contributed by atoms with Gasteiger partial charge in [-0.25, -0.2) is 0 Å². The van der Waals surface area contributed by atoms with Crippen LogP contribution in [0.3, 0.4) is 0 Å². The highest BCUT2D eigenvalue weighted by Gasteiger charge is 2.07. The lowest BCUT2D eigenvalue weighted by Crippen LogP contribution is -2.26. The molecule has 1 aromatic carbocycles. The zero-order valence-corrected chi connectivity index (χ0v) is 13.9. The lowest BCUT2D eigenvalue weighted by Gasteiger charge is -2.14. The summed E-state index contributed by atoms with van der Waals surface area (Å²) in [5.74, 6) is 0. The summed E-state index contributed by atoms with van der Waals surface area (Å²) >= 11 is 3.32. The molecule has 0 heterocycles. The Kier molecular flexibility index (Phi) is 8.31. The summed E-state index contributed by atoms with van der Waals surface area (Å²) in [5, 5.41) is 21.9. The van der Waals surface area contributed by atoms with E-state index in [1.54, 1.807) is 12.1 Å². The third-order valence-corrected chi connectivity index (χ3v) is 3.11. The number of halogens is 1. The van der Waals surface area contributed by atoms with Crippen molar-refractivity contribution >= 4 is 21.6 Å². The van der Waals surface area contributed by atoms with Gasteiger partial charge in [-0.3, -0.25) is 0 Å². The van der Waals surface area contributed by atoms with E-state index in [1.807, 2.05) is 19.9 Å². The van der Waals surface area contributed by atoms with Crippen LogP contribution in [0.2, 0.25) is 0 Å². The molecule has 0 bridgehead atoms. The molecule has 0 saturated heterocycles. The van der Waals surface area contributed by atoms with Crippen LogP contribution >= 0.6 is 15.9 Å². The molecule has 116 valence electrons. The number of anilines is 1. The molecule has 1 aromatic rings. The highest BCUT2D eigenvalue weighted by atomic mass is 79.9. The molecular formula is C15H21BrN2O3. The number of nitrogens with zero attached hydrogens (tertiary/aromatic N) is 1. The molecule has 0 spiro atoms. The van der Waals surface area contributed by atoms with Crippen molar-refractivity contribution in [2.75, 3.05) is 31.7 Å². The predicted molar refractivity (Wildman–Crippen MR) is 85.3 cm³/mol. The van der Waals surface area contributed by atoms with Crippen LogP contribution in [0.4, 0.5) is 5.69 Å². The lowest BCUT2D eigenvalue weighted by molar-refractivity contribution is -0.00734. The maximum atomic E-state index is 9.82. The Labute approximate surface area is 134 Å². The lowest BCUT2D eigenvalue weighted by atomic mass is 10.2. The van der Waals surface area contributed by atoms with Gasteiger partial charge in [-0.2, -0.15) is 5.26 Å². The van der Waals surface area contributed by atoms with E-state index in [-0.39, 0.29) is 12.7 Å². The van der Waals surface area contributed by atoms with E-state index in [0.717, 1.165) is 4.47 Å². The number of nitriles is 1. The minimum atomic E-state index is -0.640. The van der Waals surface area contributed by atoms with Crippen LogP contribution in [-0.4, -0.2) is 43.7 Å². The number of hydrogen-bond donors (Lipinski definition) is 2. The average Bonchev–Trinajstić information content (AvgIpc) is 2.45. The van der Waals surface area contributed by atoms with Crippen molar-refractivity contribution < 1.29 is 14.6 Å².